The molecule has 0 aliphatic rings. The van der Waals surface area contributed by atoms with Crippen molar-refractivity contribution in [2.24, 2.45) is 0 Å². The van der Waals surface area contributed by atoms with Crippen LogP contribution in [-0.2, 0) is 6.42 Å². The number of imidazole rings is 1. The monoisotopic (exact) mass is 298 g/mol. The maximum absolute atomic E-state index is 12.5. The summed E-state index contributed by atoms with van der Waals surface area (Å²) in [4.78, 5) is 27.9. The lowest BCUT2D eigenvalue weighted by molar-refractivity contribution is 0.0698. The average Bonchev–Trinajstić information content (AvgIpc) is 3.09. The Balaban J connectivity index is 2.01. The van der Waals surface area contributed by atoms with Crippen LogP contribution in [0, 0.1) is 0 Å². The molecular formula is C15H14N4O3. The molecule has 1 amide bonds. The summed E-state index contributed by atoms with van der Waals surface area (Å²) in [5.74, 6) is -1.48. The van der Waals surface area contributed by atoms with E-state index in [0.717, 1.165) is 5.56 Å². The number of nitrogens with one attached hydrogen (secondary N) is 2. The third-order valence-electron chi connectivity index (χ3n) is 3.47. The molecule has 0 radical (unpaired) electrons. The first kappa shape index (κ1) is 13.9. The van der Waals surface area contributed by atoms with Gasteiger partial charge in [0.2, 0.25) is 0 Å². The van der Waals surface area contributed by atoms with E-state index in [-0.39, 0.29) is 5.56 Å². The fourth-order valence-electron chi connectivity index (χ4n) is 2.37. The molecule has 0 bridgehead atoms. The summed E-state index contributed by atoms with van der Waals surface area (Å²) >= 11 is 0. The van der Waals surface area contributed by atoms with Crippen molar-refractivity contribution in [3.63, 3.8) is 0 Å². The van der Waals surface area contributed by atoms with E-state index in [1.807, 2.05) is 6.92 Å². The number of rotatable bonds is 4. The maximum atomic E-state index is 12.5. The molecule has 7 nitrogen and oxygen atoms in total. The first-order chi connectivity index (χ1) is 10.6. The molecule has 22 heavy (non-hydrogen) atoms. The van der Waals surface area contributed by atoms with Crippen LogP contribution in [0.4, 0.5) is 5.69 Å². The summed E-state index contributed by atoms with van der Waals surface area (Å²) in [7, 11) is 0. The van der Waals surface area contributed by atoms with Gasteiger partial charge in [-0.2, -0.15) is 0 Å². The van der Waals surface area contributed by atoms with Crippen molar-refractivity contribution in [2.75, 3.05) is 5.32 Å². The van der Waals surface area contributed by atoms with Crippen molar-refractivity contribution in [1.82, 2.24) is 14.6 Å². The van der Waals surface area contributed by atoms with Gasteiger partial charge in [-0.1, -0.05) is 19.1 Å². The second kappa shape index (κ2) is 5.36. The predicted octanol–water partition coefficient (Wildman–Crippen LogP) is 2.18. The summed E-state index contributed by atoms with van der Waals surface area (Å²) in [5, 5.41) is 14.9. The van der Waals surface area contributed by atoms with Crippen LogP contribution in [-0.4, -0.2) is 31.6 Å². The number of aromatic nitrogens is 3. The summed E-state index contributed by atoms with van der Waals surface area (Å²) in [5.41, 5.74) is 2.01. The Morgan fingerprint density at radius 2 is 2.18 bits per heavy atom. The summed E-state index contributed by atoms with van der Waals surface area (Å²) < 4.78 is 1.61. The molecule has 0 saturated heterocycles. The van der Waals surface area contributed by atoms with Gasteiger partial charge in [0.05, 0.1) is 11.3 Å². The van der Waals surface area contributed by atoms with E-state index in [9.17, 15) is 14.7 Å². The van der Waals surface area contributed by atoms with Gasteiger partial charge in [-0.3, -0.25) is 9.89 Å². The number of carbonyl (C=O) groups is 2. The standard InChI is InChI=1S/C15H14N4O3/c1-2-9-4-3-5-10(15(21)22)12(9)18-14(20)11-8-17-19-7-6-16-13(11)19/h3-8,17H,2H2,1H3,(H,18,20)(H,21,22). The Labute approximate surface area is 125 Å². The Morgan fingerprint density at radius 3 is 2.91 bits per heavy atom. The van der Waals surface area contributed by atoms with Gasteiger partial charge >= 0.3 is 5.97 Å². The zero-order valence-electron chi connectivity index (χ0n) is 11.8. The molecule has 0 atom stereocenters. The predicted molar refractivity (Wildman–Crippen MR) is 80.3 cm³/mol. The molecule has 3 rings (SSSR count). The minimum Gasteiger partial charge on any atom is -0.478 e. The van der Waals surface area contributed by atoms with Crippen molar-refractivity contribution in [3.8, 4) is 0 Å². The Kier molecular flexibility index (Phi) is 3.38. The zero-order chi connectivity index (χ0) is 15.7. The molecule has 1 aromatic carbocycles. The van der Waals surface area contributed by atoms with Crippen LogP contribution in [0.1, 0.15) is 33.2 Å². The second-order valence-corrected chi connectivity index (χ2v) is 4.76. The average molecular weight is 298 g/mol. The van der Waals surface area contributed by atoms with Gasteiger partial charge in [0.25, 0.3) is 5.91 Å². The fraction of sp³-hybridized carbons (Fsp3) is 0.133. The summed E-state index contributed by atoms with van der Waals surface area (Å²) in [6.45, 7) is 1.90. The molecule has 0 spiro atoms. The number of aromatic amines is 1. The molecule has 2 heterocycles. The van der Waals surface area contributed by atoms with Crippen molar-refractivity contribution in [2.45, 2.75) is 13.3 Å². The van der Waals surface area contributed by atoms with Crippen LogP contribution in [0.15, 0.2) is 36.8 Å². The Hall–Kier alpha value is -3.09. The summed E-state index contributed by atoms with van der Waals surface area (Å²) in [6.07, 6.45) is 5.41. The molecule has 0 unspecified atom stereocenters. The van der Waals surface area contributed by atoms with Crippen molar-refractivity contribution in [1.29, 1.82) is 0 Å². The smallest absolute Gasteiger partial charge is 0.337 e. The molecule has 2 aromatic heterocycles. The van der Waals surface area contributed by atoms with Crippen molar-refractivity contribution in [3.05, 3.63) is 53.5 Å². The number of carbonyl (C=O) groups excluding carboxylic acids is 1. The van der Waals surface area contributed by atoms with Gasteiger partial charge in [0.15, 0.2) is 5.65 Å². The highest BCUT2D eigenvalue weighted by molar-refractivity contribution is 6.11. The van der Waals surface area contributed by atoms with Gasteiger partial charge in [-0.05, 0) is 18.1 Å². The van der Waals surface area contributed by atoms with E-state index >= 15 is 0 Å². The molecule has 0 fully saturated rings. The third-order valence-corrected chi connectivity index (χ3v) is 3.47. The number of para-hydroxylation sites is 1. The van der Waals surface area contributed by atoms with Gasteiger partial charge in [0, 0.05) is 18.6 Å². The number of benzene rings is 1. The van der Waals surface area contributed by atoms with Crippen LogP contribution in [0.25, 0.3) is 5.65 Å². The quantitative estimate of drug-likeness (QED) is 0.687. The first-order valence-electron chi connectivity index (χ1n) is 6.78. The topological polar surface area (TPSA) is 99.5 Å². The van der Waals surface area contributed by atoms with E-state index in [0.29, 0.717) is 23.3 Å². The largest absolute Gasteiger partial charge is 0.478 e. The lowest BCUT2D eigenvalue weighted by Crippen LogP contribution is -2.16. The number of hydrogen-bond donors (Lipinski definition) is 3. The number of anilines is 1. The number of H-pyrrole nitrogens is 1. The van der Waals surface area contributed by atoms with E-state index < -0.39 is 11.9 Å². The zero-order valence-corrected chi connectivity index (χ0v) is 11.8. The highest BCUT2D eigenvalue weighted by Crippen LogP contribution is 2.23. The van der Waals surface area contributed by atoms with Crippen LogP contribution < -0.4 is 5.32 Å². The Morgan fingerprint density at radius 1 is 1.36 bits per heavy atom. The highest BCUT2D eigenvalue weighted by Gasteiger charge is 2.19. The Bertz CT molecular complexity index is 863. The summed E-state index contributed by atoms with van der Waals surface area (Å²) in [6, 6.07) is 4.94. The molecule has 3 N–H and O–H groups in total. The number of carboxylic acid groups (broad SMARTS) is 1. The molecule has 112 valence electrons. The van der Waals surface area contributed by atoms with Gasteiger partial charge < -0.3 is 10.4 Å². The lowest BCUT2D eigenvalue weighted by atomic mass is 10.0. The number of fused-ring (bicyclic) bond motifs is 1. The lowest BCUT2D eigenvalue weighted by Gasteiger charge is -2.12. The molecular weight excluding hydrogens is 284 g/mol. The van der Waals surface area contributed by atoms with Crippen LogP contribution in [0.5, 0.6) is 0 Å². The normalized spacial score (nSPS) is 10.8. The number of amides is 1. The van der Waals surface area contributed by atoms with E-state index in [2.05, 4.69) is 15.4 Å². The molecule has 0 saturated carbocycles. The first-order valence-corrected chi connectivity index (χ1v) is 6.78. The number of hydrogen-bond acceptors (Lipinski definition) is 3. The molecule has 3 aromatic rings. The third kappa shape index (κ3) is 2.22. The van der Waals surface area contributed by atoms with Crippen LogP contribution in [0.2, 0.25) is 0 Å². The number of carboxylic acids is 1. The number of aryl methyl sites for hydroxylation is 1. The number of aromatic carboxylic acids is 1. The van der Waals surface area contributed by atoms with E-state index in [1.54, 1.807) is 29.0 Å². The van der Waals surface area contributed by atoms with E-state index in [1.165, 1.54) is 12.3 Å². The molecule has 0 aliphatic heterocycles. The second-order valence-electron chi connectivity index (χ2n) is 4.76. The molecule has 0 aliphatic carbocycles. The molecule has 7 heteroatoms. The van der Waals surface area contributed by atoms with E-state index in [4.69, 9.17) is 0 Å². The minimum atomic E-state index is -1.08. The fourth-order valence-corrected chi connectivity index (χ4v) is 2.37. The van der Waals surface area contributed by atoms with Crippen molar-refractivity contribution >= 4 is 23.2 Å². The van der Waals surface area contributed by atoms with Crippen LogP contribution in [0.3, 0.4) is 0 Å². The SMILES string of the molecule is CCc1cccc(C(=O)O)c1NC(=O)c1c[nH]n2ccnc12. The highest BCUT2D eigenvalue weighted by atomic mass is 16.4. The van der Waals surface area contributed by atoms with Gasteiger partial charge in [0.1, 0.15) is 5.56 Å². The number of nitrogens with zero attached hydrogens (tertiary/aromatic N) is 2. The van der Waals surface area contributed by atoms with Gasteiger partial charge in [-0.15, -0.1) is 0 Å². The van der Waals surface area contributed by atoms with Crippen molar-refractivity contribution < 1.29 is 14.7 Å². The maximum Gasteiger partial charge on any atom is 0.337 e. The minimum absolute atomic E-state index is 0.0718. The van der Waals surface area contributed by atoms with Gasteiger partial charge in [-0.25, -0.2) is 14.3 Å². The van der Waals surface area contributed by atoms with Crippen LogP contribution >= 0.6 is 0 Å².